The Morgan fingerprint density at radius 1 is 0.708 bits per heavy atom. The fourth-order valence-corrected chi connectivity index (χ4v) is 7.18. The van der Waals surface area contributed by atoms with Crippen LogP contribution in [-0.4, -0.2) is 55.5 Å². The summed E-state index contributed by atoms with van der Waals surface area (Å²) < 4.78 is 0. The number of thiol groups is 6. The molecule has 10 heteroatoms. The molecule has 146 valence electrons. The van der Waals surface area contributed by atoms with Crippen LogP contribution < -0.4 is 0 Å². The van der Waals surface area contributed by atoms with Crippen molar-refractivity contribution >= 4 is 122 Å². The van der Waals surface area contributed by atoms with E-state index < -0.39 is 5.41 Å². The third-order valence-corrected chi connectivity index (χ3v) is 10.2. The number of alkyl halides is 4. The summed E-state index contributed by atoms with van der Waals surface area (Å²) in [7, 11) is 0. The molecule has 0 aromatic rings. The molecule has 0 saturated heterocycles. The molecule has 0 nitrogen and oxygen atoms in total. The molecule has 6 unspecified atom stereocenters. The first-order chi connectivity index (χ1) is 11.3. The summed E-state index contributed by atoms with van der Waals surface area (Å²) in [5.41, 5.74) is -0.537. The lowest BCUT2D eigenvalue weighted by Crippen LogP contribution is -2.59. The van der Waals surface area contributed by atoms with Gasteiger partial charge in [-0.2, -0.15) is 75.8 Å². The second-order valence-electron chi connectivity index (χ2n) is 5.70. The first-order valence-electron chi connectivity index (χ1n) is 7.54. The van der Waals surface area contributed by atoms with Gasteiger partial charge in [-0.25, -0.2) is 0 Å². The zero-order valence-corrected chi connectivity index (χ0v) is 21.5. The maximum Gasteiger partial charge on any atom is 0.0351 e. The van der Waals surface area contributed by atoms with Gasteiger partial charge in [0.1, 0.15) is 0 Å². The predicted molar refractivity (Wildman–Crippen MR) is 136 cm³/mol. The molecular weight excluding hydrogens is 502 g/mol. The lowest BCUT2D eigenvalue weighted by Gasteiger charge is -2.54. The van der Waals surface area contributed by atoms with E-state index in [4.69, 9.17) is 96.9 Å². The molecule has 0 aromatic heterocycles. The average molecular weight is 529 g/mol. The Morgan fingerprint density at radius 2 is 1.17 bits per heavy atom. The Kier molecular flexibility index (Phi) is 16.2. The lowest BCUT2D eigenvalue weighted by atomic mass is 9.64. The SMILES string of the molecule is SCCCC(C(S)CCl)C(C(S)CCl)(C(S)CCl)C(S)C(S)CCl. The second-order valence-corrected chi connectivity index (χ2v) is 10.5. The molecule has 0 heterocycles. The molecule has 0 rings (SSSR count). The highest BCUT2D eigenvalue weighted by Crippen LogP contribution is 2.52. The molecule has 0 aliphatic rings. The molecule has 0 saturated carbocycles. The number of rotatable bonds is 13. The van der Waals surface area contributed by atoms with Crippen LogP contribution in [0.25, 0.3) is 0 Å². The molecule has 0 fully saturated rings. The Labute approximate surface area is 200 Å². The summed E-state index contributed by atoms with van der Waals surface area (Å²) in [6.45, 7) is 0. The van der Waals surface area contributed by atoms with Crippen molar-refractivity contribution in [2.45, 2.75) is 39.1 Å². The summed E-state index contributed by atoms with van der Waals surface area (Å²) in [4.78, 5) is 0. The normalized spacial score (nSPS) is 22.2. The molecular formula is C14H26Cl4S6. The van der Waals surface area contributed by atoms with Crippen LogP contribution in [0.1, 0.15) is 12.8 Å². The summed E-state index contributed by atoms with van der Waals surface area (Å²) >= 11 is 53.0. The topological polar surface area (TPSA) is 0 Å². The van der Waals surface area contributed by atoms with Gasteiger partial charge >= 0.3 is 0 Å². The minimum atomic E-state index is -0.537. The molecule has 0 bridgehead atoms. The largest absolute Gasteiger partial charge is 0.179 e. The molecule has 0 aliphatic carbocycles. The first-order valence-corrected chi connectivity index (χ1v) is 12.9. The van der Waals surface area contributed by atoms with Gasteiger partial charge in [0.2, 0.25) is 0 Å². The van der Waals surface area contributed by atoms with E-state index in [0.29, 0.717) is 23.5 Å². The van der Waals surface area contributed by atoms with Gasteiger partial charge in [0.25, 0.3) is 0 Å². The molecule has 0 aromatic carbocycles. The fraction of sp³-hybridized carbons (Fsp3) is 1.00. The zero-order valence-electron chi connectivity index (χ0n) is 13.1. The van der Waals surface area contributed by atoms with Crippen LogP contribution in [0.15, 0.2) is 0 Å². The molecule has 24 heavy (non-hydrogen) atoms. The third kappa shape index (κ3) is 6.66. The predicted octanol–water partition coefficient (Wildman–Crippen LogP) is 5.75. The average Bonchev–Trinajstić information content (AvgIpc) is 2.61. The Morgan fingerprint density at radius 3 is 1.50 bits per heavy atom. The van der Waals surface area contributed by atoms with Crippen LogP contribution in [0.3, 0.4) is 0 Å². The lowest BCUT2D eigenvalue weighted by molar-refractivity contribution is 0.147. The van der Waals surface area contributed by atoms with Gasteiger partial charge in [-0.3, -0.25) is 0 Å². The maximum absolute atomic E-state index is 6.24. The minimum Gasteiger partial charge on any atom is -0.179 e. The maximum atomic E-state index is 6.24. The Bertz CT molecular complexity index is 328. The fourth-order valence-electron chi connectivity index (χ4n) is 3.21. The Hall–Kier alpha value is 3.26. The number of hydrogen-bond acceptors (Lipinski definition) is 6. The highest BCUT2D eigenvalue weighted by Gasteiger charge is 2.54. The van der Waals surface area contributed by atoms with Crippen molar-refractivity contribution in [2.24, 2.45) is 11.3 Å². The van der Waals surface area contributed by atoms with Gasteiger partial charge in [-0.05, 0) is 24.5 Å². The smallest absolute Gasteiger partial charge is 0.0351 e. The number of halogens is 4. The van der Waals surface area contributed by atoms with Crippen LogP contribution in [-0.2, 0) is 0 Å². The molecule has 0 aliphatic heterocycles. The van der Waals surface area contributed by atoms with Gasteiger partial charge < -0.3 is 0 Å². The van der Waals surface area contributed by atoms with Crippen LogP contribution in [0, 0.1) is 11.3 Å². The monoisotopic (exact) mass is 526 g/mol. The van der Waals surface area contributed by atoms with Gasteiger partial charge in [0, 0.05) is 55.2 Å². The van der Waals surface area contributed by atoms with Gasteiger partial charge in [-0.15, -0.1) is 46.4 Å². The van der Waals surface area contributed by atoms with E-state index in [9.17, 15) is 0 Å². The second kappa shape index (κ2) is 14.3. The van der Waals surface area contributed by atoms with Crippen molar-refractivity contribution in [1.82, 2.24) is 0 Å². The molecule has 0 spiro atoms. The van der Waals surface area contributed by atoms with E-state index in [1.807, 2.05) is 0 Å². The van der Waals surface area contributed by atoms with E-state index in [2.05, 4.69) is 25.3 Å². The molecule has 0 N–H and O–H groups in total. The van der Waals surface area contributed by atoms with Crippen molar-refractivity contribution in [3.8, 4) is 0 Å². The van der Waals surface area contributed by atoms with Crippen molar-refractivity contribution < 1.29 is 0 Å². The van der Waals surface area contributed by atoms with Crippen LogP contribution in [0.5, 0.6) is 0 Å². The molecule has 6 atom stereocenters. The van der Waals surface area contributed by atoms with E-state index >= 15 is 0 Å². The van der Waals surface area contributed by atoms with Gasteiger partial charge in [0.05, 0.1) is 0 Å². The highest BCUT2D eigenvalue weighted by atomic mass is 35.5. The van der Waals surface area contributed by atoms with Crippen molar-refractivity contribution in [1.29, 1.82) is 0 Å². The summed E-state index contributed by atoms with van der Waals surface area (Å²) in [6, 6.07) is 0. The zero-order chi connectivity index (χ0) is 18.9. The Balaban J connectivity index is 6.25. The molecule has 0 radical (unpaired) electrons. The molecule has 0 amide bonds. The van der Waals surface area contributed by atoms with Crippen molar-refractivity contribution in [2.75, 3.05) is 29.3 Å². The quantitative estimate of drug-likeness (QED) is 0.127. The van der Waals surface area contributed by atoms with E-state index in [0.717, 1.165) is 18.6 Å². The van der Waals surface area contributed by atoms with Gasteiger partial charge in [-0.1, -0.05) is 0 Å². The van der Waals surface area contributed by atoms with Crippen LogP contribution in [0.2, 0.25) is 0 Å². The minimum absolute atomic E-state index is 0.0494. The summed E-state index contributed by atoms with van der Waals surface area (Å²) in [6.07, 6.45) is 1.76. The summed E-state index contributed by atoms with van der Waals surface area (Å²) in [5.74, 6) is 2.22. The van der Waals surface area contributed by atoms with Crippen LogP contribution in [0.4, 0.5) is 0 Å². The van der Waals surface area contributed by atoms with E-state index in [1.54, 1.807) is 0 Å². The number of hydrogen-bond donors (Lipinski definition) is 6. The van der Waals surface area contributed by atoms with E-state index in [-0.39, 0.29) is 32.2 Å². The van der Waals surface area contributed by atoms with Crippen molar-refractivity contribution in [3.05, 3.63) is 0 Å². The van der Waals surface area contributed by atoms with Crippen LogP contribution >= 0.6 is 122 Å². The van der Waals surface area contributed by atoms with E-state index in [1.165, 1.54) is 0 Å². The standard InChI is InChI=1S/C14H26Cl4S6/c15-4-9(20)8(2-1-3-19)14(11(22)6-17,12(23)7-18)13(24)10(21)5-16/h8-13,19-24H,1-7H2. The third-order valence-electron chi connectivity index (χ3n) is 4.42. The first kappa shape index (κ1) is 27.3. The highest BCUT2D eigenvalue weighted by molar-refractivity contribution is 7.85. The summed E-state index contributed by atoms with van der Waals surface area (Å²) in [5, 5.41) is -0.872. The van der Waals surface area contributed by atoms with Crippen molar-refractivity contribution in [3.63, 3.8) is 0 Å². The van der Waals surface area contributed by atoms with Gasteiger partial charge in [0.15, 0.2) is 0 Å².